The molecule has 0 radical (unpaired) electrons. The molecule has 0 amide bonds. The average Bonchev–Trinajstić information content (AvgIpc) is 2.99. The van der Waals surface area contributed by atoms with Gasteiger partial charge in [-0.3, -0.25) is 0 Å². The number of rotatable bonds is 5. The first-order chi connectivity index (χ1) is 8.69. The van der Waals surface area contributed by atoms with Gasteiger partial charge in [-0.2, -0.15) is 0 Å². The summed E-state index contributed by atoms with van der Waals surface area (Å²) in [4.78, 5) is 12.2. The van der Waals surface area contributed by atoms with Gasteiger partial charge >= 0.3 is 5.97 Å². The maximum Gasteiger partial charge on any atom is 0.342 e. The van der Waals surface area contributed by atoms with E-state index in [2.05, 4.69) is 10.2 Å². The molecular formula is C11H10N2O3S2. The van der Waals surface area contributed by atoms with E-state index in [1.165, 1.54) is 11.3 Å². The largest absolute Gasteiger partial charge is 0.477 e. The van der Waals surface area contributed by atoms with E-state index in [1.807, 2.05) is 24.4 Å². The summed E-state index contributed by atoms with van der Waals surface area (Å²) in [5.74, 6) is -0.511. The summed E-state index contributed by atoms with van der Waals surface area (Å²) >= 11 is 2.43. The SMILES string of the molecule is CCc1nnc(S/C(=C\c2cccs2)C(=O)O)o1. The second-order valence-electron chi connectivity index (χ2n) is 3.25. The first kappa shape index (κ1) is 12.8. The number of aliphatic carboxylic acids is 1. The molecule has 2 rings (SSSR count). The number of carbonyl (C=O) groups is 1. The Hall–Kier alpha value is -1.60. The van der Waals surface area contributed by atoms with Crippen molar-refractivity contribution in [3.63, 3.8) is 0 Å². The molecule has 2 aromatic heterocycles. The standard InChI is InChI=1S/C11H10N2O3S2/c1-2-9-12-13-11(16-9)18-8(10(14)15)6-7-4-3-5-17-7/h3-6H,2H2,1H3,(H,14,15)/b8-6-. The van der Waals surface area contributed by atoms with E-state index in [-0.39, 0.29) is 10.1 Å². The van der Waals surface area contributed by atoms with Crippen LogP contribution in [0.15, 0.2) is 32.1 Å². The smallest absolute Gasteiger partial charge is 0.342 e. The van der Waals surface area contributed by atoms with Crippen LogP contribution in [-0.2, 0) is 11.2 Å². The lowest BCUT2D eigenvalue weighted by Gasteiger charge is -1.96. The summed E-state index contributed by atoms with van der Waals surface area (Å²) in [6.45, 7) is 1.89. The molecule has 0 aliphatic rings. The molecule has 0 fully saturated rings. The van der Waals surface area contributed by atoms with Gasteiger partial charge in [0, 0.05) is 11.3 Å². The molecule has 0 saturated carbocycles. The lowest BCUT2D eigenvalue weighted by Crippen LogP contribution is -1.96. The van der Waals surface area contributed by atoms with Crippen molar-refractivity contribution < 1.29 is 14.3 Å². The number of thioether (sulfide) groups is 1. The number of aryl methyl sites for hydroxylation is 1. The van der Waals surface area contributed by atoms with Gasteiger partial charge in [-0.1, -0.05) is 13.0 Å². The third kappa shape index (κ3) is 3.21. The van der Waals surface area contributed by atoms with Gasteiger partial charge in [-0.15, -0.1) is 21.5 Å². The Bertz CT molecular complexity index is 561. The van der Waals surface area contributed by atoms with Gasteiger partial charge in [-0.25, -0.2) is 4.79 Å². The Balaban J connectivity index is 2.19. The molecule has 2 aromatic rings. The number of hydrogen-bond acceptors (Lipinski definition) is 6. The van der Waals surface area contributed by atoms with Crippen molar-refractivity contribution in [3.05, 3.63) is 33.2 Å². The van der Waals surface area contributed by atoms with Crippen molar-refractivity contribution in [2.75, 3.05) is 0 Å². The number of carboxylic acids is 1. The predicted molar refractivity (Wildman–Crippen MR) is 69.5 cm³/mol. The van der Waals surface area contributed by atoms with E-state index in [1.54, 1.807) is 6.08 Å². The van der Waals surface area contributed by atoms with Crippen molar-refractivity contribution in [1.29, 1.82) is 0 Å². The number of carboxylic acid groups (broad SMARTS) is 1. The van der Waals surface area contributed by atoms with Gasteiger partial charge in [0.15, 0.2) is 0 Å². The van der Waals surface area contributed by atoms with Crippen molar-refractivity contribution in [2.45, 2.75) is 18.6 Å². The van der Waals surface area contributed by atoms with Crippen LogP contribution in [0.5, 0.6) is 0 Å². The van der Waals surface area contributed by atoms with Gasteiger partial charge in [-0.05, 0) is 29.3 Å². The topological polar surface area (TPSA) is 76.2 Å². The minimum Gasteiger partial charge on any atom is -0.477 e. The summed E-state index contributed by atoms with van der Waals surface area (Å²) in [5, 5.41) is 18.8. The zero-order valence-corrected chi connectivity index (χ0v) is 11.1. The average molecular weight is 282 g/mol. The van der Waals surface area contributed by atoms with Crippen LogP contribution >= 0.6 is 23.1 Å². The highest BCUT2D eigenvalue weighted by molar-refractivity contribution is 8.03. The highest BCUT2D eigenvalue weighted by Gasteiger charge is 2.14. The van der Waals surface area contributed by atoms with Crippen LogP contribution < -0.4 is 0 Å². The predicted octanol–water partition coefficient (Wildman–Crippen LogP) is 2.91. The number of nitrogens with zero attached hydrogens (tertiary/aromatic N) is 2. The minimum atomic E-state index is -1.01. The normalized spacial score (nSPS) is 11.7. The highest BCUT2D eigenvalue weighted by atomic mass is 32.2. The maximum atomic E-state index is 11.1. The lowest BCUT2D eigenvalue weighted by atomic mass is 10.4. The third-order valence-electron chi connectivity index (χ3n) is 1.98. The van der Waals surface area contributed by atoms with Gasteiger partial charge in [0.2, 0.25) is 5.89 Å². The second kappa shape index (κ2) is 5.83. The van der Waals surface area contributed by atoms with E-state index in [4.69, 9.17) is 9.52 Å². The summed E-state index contributed by atoms with van der Waals surface area (Å²) in [6.07, 6.45) is 2.22. The number of thiophene rings is 1. The van der Waals surface area contributed by atoms with Crippen LogP contribution in [0.3, 0.4) is 0 Å². The third-order valence-corrected chi connectivity index (χ3v) is 3.65. The fraction of sp³-hybridized carbons (Fsp3) is 0.182. The van der Waals surface area contributed by atoms with Crippen LogP contribution in [0.25, 0.3) is 6.08 Å². The van der Waals surface area contributed by atoms with E-state index in [0.29, 0.717) is 12.3 Å². The first-order valence-corrected chi connectivity index (χ1v) is 6.87. The van der Waals surface area contributed by atoms with Crippen LogP contribution in [-0.4, -0.2) is 21.3 Å². The van der Waals surface area contributed by atoms with E-state index in [9.17, 15) is 4.79 Å². The molecule has 5 nitrogen and oxygen atoms in total. The van der Waals surface area contributed by atoms with Gasteiger partial charge in [0.1, 0.15) is 4.91 Å². The molecule has 0 aliphatic carbocycles. The Labute approximate surface area is 112 Å². The first-order valence-electron chi connectivity index (χ1n) is 5.17. The van der Waals surface area contributed by atoms with Crippen molar-refractivity contribution >= 4 is 35.1 Å². The maximum absolute atomic E-state index is 11.1. The Morgan fingerprint density at radius 2 is 2.44 bits per heavy atom. The molecular weight excluding hydrogens is 272 g/mol. The zero-order chi connectivity index (χ0) is 13.0. The lowest BCUT2D eigenvalue weighted by molar-refractivity contribution is -0.131. The quantitative estimate of drug-likeness (QED) is 0.671. The fourth-order valence-electron chi connectivity index (χ4n) is 1.15. The van der Waals surface area contributed by atoms with Crippen LogP contribution in [0, 0.1) is 0 Å². The monoisotopic (exact) mass is 282 g/mol. The molecule has 0 atom stereocenters. The summed E-state index contributed by atoms with van der Waals surface area (Å²) in [6, 6.07) is 3.71. The van der Waals surface area contributed by atoms with Gasteiger partial charge < -0.3 is 9.52 Å². The van der Waals surface area contributed by atoms with Crippen molar-refractivity contribution in [3.8, 4) is 0 Å². The molecule has 18 heavy (non-hydrogen) atoms. The molecule has 94 valence electrons. The molecule has 0 saturated heterocycles. The van der Waals surface area contributed by atoms with E-state index in [0.717, 1.165) is 16.6 Å². The minimum absolute atomic E-state index is 0.156. The van der Waals surface area contributed by atoms with E-state index < -0.39 is 5.97 Å². The van der Waals surface area contributed by atoms with Crippen LogP contribution in [0.2, 0.25) is 0 Å². The molecule has 0 aromatic carbocycles. The Kier molecular flexibility index (Phi) is 4.16. The molecule has 0 spiro atoms. The summed E-state index contributed by atoms with van der Waals surface area (Å²) in [7, 11) is 0. The molecule has 2 heterocycles. The van der Waals surface area contributed by atoms with Crippen LogP contribution in [0.1, 0.15) is 17.7 Å². The molecule has 7 heteroatoms. The number of aromatic nitrogens is 2. The molecule has 0 bridgehead atoms. The molecule has 1 N–H and O–H groups in total. The highest BCUT2D eigenvalue weighted by Crippen LogP contribution is 2.28. The molecule has 0 aliphatic heterocycles. The van der Waals surface area contributed by atoms with Gasteiger partial charge in [0.05, 0.1) is 0 Å². The second-order valence-corrected chi connectivity index (χ2v) is 5.22. The van der Waals surface area contributed by atoms with Crippen LogP contribution in [0.4, 0.5) is 0 Å². The molecule has 0 unspecified atom stereocenters. The van der Waals surface area contributed by atoms with Crippen molar-refractivity contribution in [1.82, 2.24) is 10.2 Å². The Morgan fingerprint density at radius 3 is 3.00 bits per heavy atom. The fourth-order valence-corrected chi connectivity index (χ4v) is 2.57. The summed E-state index contributed by atoms with van der Waals surface area (Å²) < 4.78 is 5.27. The Morgan fingerprint density at radius 1 is 1.61 bits per heavy atom. The van der Waals surface area contributed by atoms with Crippen molar-refractivity contribution in [2.24, 2.45) is 0 Å². The van der Waals surface area contributed by atoms with Gasteiger partial charge in [0.25, 0.3) is 5.22 Å². The summed E-state index contributed by atoms with van der Waals surface area (Å²) in [5.41, 5.74) is 0. The van der Waals surface area contributed by atoms with E-state index >= 15 is 0 Å². The number of hydrogen-bond donors (Lipinski definition) is 1. The zero-order valence-electron chi connectivity index (χ0n) is 9.49.